The average molecular weight is 334 g/mol. The smallest absolute Gasteiger partial charge is 0.348 e. The molecule has 0 aromatic carbocycles. The molecule has 0 aliphatic heterocycles. The quantitative estimate of drug-likeness (QED) is 0.396. The van der Waals surface area contributed by atoms with Crippen LogP contribution in [0.15, 0.2) is 0 Å². The van der Waals surface area contributed by atoms with Crippen LogP contribution in [0.2, 0.25) is 0 Å². The van der Waals surface area contributed by atoms with Gasteiger partial charge in [-0.25, -0.2) is 4.79 Å². The summed E-state index contributed by atoms with van der Waals surface area (Å²) in [7, 11) is -3.01. The van der Waals surface area contributed by atoms with E-state index < -0.39 is 33.0 Å². The number of carboxylic acid groups (broad SMARTS) is 2. The van der Waals surface area contributed by atoms with Crippen LogP contribution in [0.3, 0.4) is 0 Å². The van der Waals surface area contributed by atoms with Gasteiger partial charge < -0.3 is 10.2 Å². The van der Waals surface area contributed by atoms with Crippen LogP contribution >= 0.6 is 0 Å². The van der Waals surface area contributed by atoms with E-state index in [4.69, 9.17) is 10.2 Å². The fourth-order valence-electron chi connectivity index (χ4n) is 2.36. The zero-order valence-corrected chi connectivity index (χ0v) is 13.9. The summed E-state index contributed by atoms with van der Waals surface area (Å²) in [4.78, 5) is 21.0. The number of unbranched alkanes of at least 4 members (excludes halogenated alkanes) is 8. The average Bonchev–Trinajstić information content (AvgIpc) is 2.43. The molecule has 2 N–H and O–H groups in total. The highest BCUT2D eigenvalue weighted by Gasteiger charge is 2.30. The van der Waals surface area contributed by atoms with Gasteiger partial charge in [0.2, 0.25) is 10.3 Å². The highest BCUT2D eigenvalue weighted by molar-refractivity contribution is 7.74. The first-order chi connectivity index (χ1) is 10.4. The molecule has 0 rings (SSSR count). The molecule has 128 valence electrons. The van der Waals surface area contributed by atoms with E-state index in [0.29, 0.717) is 6.42 Å². The maximum absolute atomic E-state index is 11.1. The minimum Gasteiger partial charge on any atom is -0.481 e. The van der Waals surface area contributed by atoms with Crippen molar-refractivity contribution in [3.63, 3.8) is 0 Å². The molecule has 6 nitrogen and oxygen atoms in total. The summed E-state index contributed by atoms with van der Waals surface area (Å²) < 4.78 is 21.7. The van der Waals surface area contributed by atoms with E-state index in [2.05, 4.69) is 6.92 Å². The second-order valence-electron chi connectivity index (χ2n) is 5.41. The minimum atomic E-state index is -3.01. The van der Waals surface area contributed by atoms with Gasteiger partial charge in [-0.2, -0.15) is 8.42 Å². The maximum atomic E-state index is 11.1. The van der Waals surface area contributed by atoms with Gasteiger partial charge in [-0.3, -0.25) is 4.79 Å². The van der Waals surface area contributed by atoms with E-state index in [0.717, 1.165) is 25.7 Å². The van der Waals surface area contributed by atoms with Crippen molar-refractivity contribution in [2.24, 2.45) is 5.92 Å². The molecule has 0 radical (unpaired) electrons. The molecule has 0 aromatic rings. The molecular weight excluding hydrogens is 308 g/mol. The fourth-order valence-corrected chi connectivity index (χ4v) is 2.96. The Balaban J connectivity index is 4.12. The highest BCUT2D eigenvalue weighted by atomic mass is 32.2. The third-order valence-electron chi connectivity index (χ3n) is 3.60. The Bertz CT molecular complexity index is 472. The predicted molar refractivity (Wildman–Crippen MR) is 84.5 cm³/mol. The molecule has 22 heavy (non-hydrogen) atoms. The Labute approximate surface area is 133 Å². The second-order valence-corrected chi connectivity index (χ2v) is 6.32. The molecule has 0 heterocycles. The lowest BCUT2D eigenvalue weighted by Gasteiger charge is -2.09. The lowest BCUT2D eigenvalue weighted by Crippen LogP contribution is -2.31. The molecule has 0 aromatic heterocycles. The first-order valence-corrected chi connectivity index (χ1v) is 8.91. The maximum Gasteiger partial charge on any atom is 0.348 e. The van der Waals surface area contributed by atoms with Gasteiger partial charge in [0.05, 0.1) is 0 Å². The number of aliphatic carboxylic acids is 2. The fraction of sp³-hybridized carbons (Fsp3) is 0.800. The van der Waals surface area contributed by atoms with E-state index in [1.54, 1.807) is 0 Å². The predicted octanol–water partition coefficient (Wildman–Crippen LogP) is 2.74. The van der Waals surface area contributed by atoms with Crippen molar-refractivity contribution in [1.82, 2.24) is 0 Å². The summed E-state index contributed by atoms with van der Waals surface area (Å²) in [5.74, 6) is -4.54. The third kappa shape index (κ3) is 8.81. The largest absolute Gasteiger partial charge is 0.481 e. The summed E-state index contributed by atoms with van der Waals surface area (Å²) in [6.07, 6.45) is 9.43. The first-order valence-electron chi connectivity index (χ1n) is 7.84. The van der Waals surface area contributed by atoms with E-state index in [1.807, 2.05) is 0 Å². The van der Waals surface area contributed by atoms with Crippen molar-refractivity contribution in [3.05, 3.63) is 0 Å². The van der Waals surface area contributed by atoms with Gasteiger partial charge in [0, 0.05) is 0 Å². The van der Waals surface area contributed by atoms with Crippen molar-refractivity contribution in [1.29, 1.82) is 0 Å². The van der Waals surface area contributed by atoms with Crippen LogP contribution in [0.25, 0.3) is 0 Å². The molecule has 0 amide bonds. The topological polar surface area (TPSA) is 109 Å². The summed E-state index contributed by atoms with van der Waals surface area (Å²) in [5.41, 5.74) is 0. The zero-order chi connectivity index (χ0) is 17.0. The number of hydrogen-bond donors (Lipinski definition) is 2. The van der Waals surface area contributed by atoms with Crippen LogP contribution in [0.4, 0.5) is 0 Å². The van der Waals surface area contributed by atoms with Crippen molar-refractivity contribution >= 4 is 27.1 Å². The lowest BCUT2D eigenvalue weighted by molar-refractivity contribution is -0.141. The van der Waals surface area contributed by atoms with Crippen LogP contribution < -0.4 is 0 Å². The molecule has 0 aliphatic carbocycles. The Hall–Kier alpha value is -1.37. The van der Waals surface area contributed by atoms with E-state index >= 15 is 0 Å². The molecule has 0 aliphatic rings. The Kier molecular flexibility index (Phi) is 11.4. The van der Waals surface area contributed by atoms with E-state index in [1.165, 1.54) is 25.7 Å². The molecule has 0 saturated carbocycles. The monoisotopic (exact) mass is 334 g/mol. The van der Waals surface area contributed by atoms with Crippen LogP contribution in [0, 0.1) is 5.92 Å². The third-order valence-corrected chi connectivity index (χ3v) is 4.42. The number of carboxylic acids is 2. The molecule has 1 unspecified atom stereocenters. The summed E-state index contributed by atoms with van der Waals surface area (Å²) in [6.45, 7) is 2.16. The van der Waals surface area contributed by atoms with Gasteiger partial charge in [-0.05, 0) is 6.42 Å². The summed E-state index contributed by atoms with van der Waals surface area (Å²) in [5, 5.41) is 17.8. The second kappa shape index (κ2) is 12.2. The van der Waals surface area contributed by atoms with Gasteiger partial charge in [0.1, 0.15) is 5.92 Å². The van der Waals surface area contributed by atoms with Crippen molar-refractivity contribution in [2.75, 3.05) is 0 Å². The Morgan fingerprint density at radius 2 is 1.32 bits per heavy atom. The van der Waals surface area contributed by atoms with E-state index in [9.17, 15) is 18.0 Å². The Morgan fingerprint density at radius 1 is 0.864 bits per heavy atom. The van der Waals surface area contributed by atoms with E-state index in [-0.39, 0.29) is 6.42 Å². The molecule has 0 saturated heterocycles. The minimum absolute atomic E-state index is 0.0424. The molecule has 0 fully saturated rings. The molecular formula is C15H26O6S. The summed E-state index contributed by atoms with van der Waals surface area (Å²) >= 11 is 0. The van der Waals surface area contributed by atoms with Crippen LogP contribution in [-0.2, 0) is 19.9 Å². The number of rotatable bonds is 13. The van der Waals surface area contributed by atoms with Crippen molar-refractivity contribution < 1.29 is 28.2 Å². The summed E-state index contributed by atoms with van der Waals surface area (Å²) in [6, 6.07) is 0. The number of carbonyl (C=O) groups is 2. The van der Waals surface area contributed by atoms with Crippen molar-refractivity contribution in [2.45, 2.75) is 71.1 Å². The normalized spacial score (nSPS) is 11.9. The van der Waals surface area contributed by atoms with Gasteiger partial charge >= 0.3 is 11.9 Å². The van der Waals surface area contributed by atoms with Crippen LogP contribution in [0.1, 0.15) is 71.1 Å². The molecule has 0 spiro atoms. The van der Waals surface area contributed by atoms with Gasteiger partial charge in [0.25, 0.3) is 0 Å². The molecule has 1 atom stereocenters. The SMILES string of the molecule is CCCCCCCCCCCC(C(=O)O)C(C(=O)O)=S(=O)=O. The van der Waals surface area contributed by atoms with Gasteiger partial charge in [-0.15, -0.1) is 0 Å². The van der Waals surface area contributed by atoms with Gasteiger partial charge in [0.15, 0.2) is 4.86 Å². The lowest BCUT2D eigenvalue weighted by atomic mass is 9.97. The Morgan fingerprint density at radius 3 is 1.68 bits per heavy atom. The zero-order valence-electron chi connectivity index (χ0n) is 13.1. The van der Waals surface area contributed by atoms with Crippen LogP contribution in [0.5, 0.6) is 0 Å². The number of hydrogen-bond acceptors (Lipinski definition) is 4. The highest BCUT2D eigenvalue weighted by Crippen LogP contribution is 2.15. The molecule has 7 heteroatoms. The molecule has 0 bridgehead atoms. The van der Waals surface area contributed by atoms with Gasteiger partial charge in [-0.1, -0.05) is 64.7 Å². The van der Waals surface area contributed by atoms with Crippen molar-refractivity contribution in [3.8, 4) is 0 Å². The standard InChI is InChI=1S/C15H26O6S/c1-2-3-4-5-6-7-8-9-10-11-12(14(16)17)13(15(18)19)22(20)21/h12H,2-11H2,1H3,(H,16,17)(H,18,19). The first kappa shape index (κ1) is 20.6. The van der Waals surface area contributed by atoms with Crippen LogP contribution in [-0.4, -0.2) is 35.4 Å².